The Labute approximate surface area is 141 Å². The Hall–Kier alpha value is -0.740. The maximum Gasteiger partial charge on any atom is 0.161 e. The molecule has 23 heavy (non-hydrogen) atoms. The van der Waals surface area contributed by atoms with Crippen molar-refractivity contribution in [1.29, 1.82) is 0 Å². The second kappa shape index (κ2) is 10.2. The van der Waals surface area contributed by atoms with E-state index in [0.717, 1.165) is 38.5 Å². The number of hydrogen-bond donors (Lipinski definition) is 0. The van der Waals surface area contributed by atoms with E-state index in [1.54, 1.807) is 6.92 Å². The molecule has 0 bridgehead atoms. The second-order valence-electron chi connectivity index (χ2n) is 7.00. The Bertz CT molecular complexity index is 372. The number of carbonyl (C=O) groups excluding carboxylic acids is 2. The molecule has 1 aliphatic carbocycles. The number of carbonyl (C=O) groups is 2. The van der Waals surface area contributed by atoms with Crippen LogP contribution in [0.2, 0.25) is 0 Å². The summed E-state index contributed by atoms with van der Waals surface area (Å²) in [4.78, 5) is 23.5. The van der Waals surface area contributed by atoms with Crippen LogP contribution in [0.1, 0.15) is 79.1 Å². The molecule has 1 fully saturated rings. The fraction of sp³-hybridized carbons (Fsp3) is 0.895. The first-order chi connectivity index (χ1) is 10.9. The lowest BCUT2D eigenvalue weighted by atomic mass is 9.91. The Balaban J connectivity index is 2.73. The van der Waals surface area contributed by atoms with Gasteiger partial charge in [-0.25, -0.2) is 0 Å². The van der Waals surface area contributed by atoms with E-state index in [-0.39, 0.29) is 18.2 Å². The standard InChI is InChI=1S/C19H34O4/c1-5-7-10-17(6-2)14-22-18(16(4)21)19(11-8-9-12-19)23-13-15(3)20/h17-18H,5-14H2,1-4H3. The molecule has 4 heteroatoms. The first kappa shape index (κ1) is 20.3. The van der Waals surface area contributed by atoms with Gasteiger partial charge in [-0.1, -0.05) is 46.0 Å². The van der Waals surface area contributed by atoms with E-state index in [4.69, 9.17) is 9.47 Å². The molecule has 1 rings (SSSR count). The summed E-state index contributed by atoms with van der Waals surface area (Å²) >= 11 is 0. The summed E-state index contributed by atoms with van der Waals surface area (Å²) in [6.45, 7) is 8.13. The normalized spacial score (nSPS) is 19.5. The van der Waals surface area contributed by atoms with E-state index in [1.807, 2.05) is 0 Å². The molecule has 4 nitrogen and oxygen atoms in total. The highest BCUT2D eigenvalue weighted by atomic mass is 16.6. The van der Waals surface area contributed by atoms with Crippen LogP contribution in [0.3, 0.4) is 0 Å². The third-order valence-corrected chi connectivity index (χ3v) is 4.90. The summed E-state index contributed by atoms with van der Waals surface area (Å²) in [6.07, 6.45) is 7.69. The summed E-state index contributed by atoms with van der Waals surface area (Å²) in [7, 11) is 0. The van der Waals surface area contributed by atoms with Crippen molar-refractivity contribution >= 4 is 11.6 Å². The molecule has 0 amide bonds. The van der Waals surface area contributed by atoms with Crippen LogP contribution >= 0.6 is 0 Å². The van der Waals surface area contributed by atoms with Gasteiger partial charge in [0.25, 0.3) is 0 Å². The number of unbranched alkanes of at least 4 members (excludes halogenated alkanes) is 1. The minimum Gasteiger partial charge on any atom is -0.367 e. The molecular formula is C19H34O4. The third-order valence-electron chi connectivity index (χ3n) is 4.90. The van der Waals surface area contributed by atoms with Crippen molar-refractivity contribution in [2.24, 2.45) is 5.92 Å². The molecule has 0 saturated heterocycles. The molecular weight excluding hydrogens is 292 g/mol. The predicted octanol–water partition coefficient (Wildman–Crippen LogP) is 4.10. The lowest BCUT2D eigenvalue weighted by molar-refractivity contribution is -0.169. The maximum atomic E-state index is 12.2. The summed E-state index contributed by atoms with van der Waals surface area (Å²) in [5, 5.41) is 0. The van der Waals surface area contributed by atoms with Gasteiger partial charge >= 0.3 is 0 Å². The lowest BCUT2D eigenvalue weighted by Crippen LogP contribution is -2.49. The Morgan fingerprint density at radius 1 is 1.13 bits per heavy atom. The zero-order valence-electron chi connectivity index (χ0n) is 15.4. The molecule has 0 aromatic heterocycles. The average Bonchev–Trinajstić information content (AvgIpc) is 2.98. The maximum absolute atomic E-state index is 12.2. The van der Waals surface area contributed by atoms with Crippen molar-refractivity contribution in [3.05, 3.63) is 0 Å². The van der Waals surface area contributed by atoms with Crippen molar-refractivity contribution in [3.8, 4) is 0 Å². The van der Waals surface area contributed by atoms with Crippen molar-refractivity contribution in [1.82, 2.24) is 0 Å². The highest BCUT2D eigenvalue weighted by Crippen LogP contribution is 2.38. The monoisotopic (exact) mass is 326 g/mol. The molecule has 0 aromatic carbocycles. The molecule has 1 saturated carbocycles. The van der Waals surface area contributed by atoms with Crippen LogP contribution in [0, 0.1) is 5.92 Å². The number of ketones is 2. The topological polar surface area (TPSA) is 52.6 Å². The van der Waals surface area contributed by atoms with Crippen LogP contribution in [0.15, 0.2) is 0 Å². The molecule has 0 heterocycles. The van der Waals surface area contributed by atoms with Crippen LogP contribution in [0.5, 0.6) is 0 Å². The van der Waals surface area contributed by atoms with E-state index in [9.17, 15) is 9.59 Å². The van der Waals surface area contributed by atoms with Crippen molar-refractivity contribution in [2.45, 2.75) is 90.8 Å². The SMILES string of the molecule is CCCCC(CC)COC(C(C)=O)C1(OCC(C)=O)CCCC1. The van der Waals surface area contributed by atoms with Crippen LogP contribution in [-0.2, 0) is 19.1 Å². The van der Waals surface area contributed by atoms with Crippen molar-refractivity contribution < 1.29 is 19.1 Å². The lowest BCUT2D eigenvalue weighted by Gasteiger charge is -2.36. The Morgan fingerprint density at radius 2 is 1.78 bits per heavy atom. The van der Waals surface area contributed by atoms with Gasteiger partial charge in [0.05, 0.1) is 6.61 Å². The highest BCUT2D eigenvalue weighted by molar-refractivity contribution is 5.82. The van der Waals surface area contributed by atoms with E-state index in [0.29, 0.717) is 12.5 Å². The van der Waals surface area contributed by atoms with Crippen molar-refractivity contribution in [2.75, 3.05) is 13.2 Å². The molecule has 2 unspecified atom stereocenters. The minimum absolute atomic E-state index is 0.00652. The predicted molar refractivity (Wildman–Crippen MR) is 91.6 cm³/mol. The molecule has 134 valence electrons. The first-order valence-corrected chi connectivity index (χ1v) is 9.20. The molecule has 0 radical (unpaired) electrons. The number of ether oxygens (including phenoxy) is 2. The highest BCUT2D eigenvalue weighted by Gasteiger charge is 2.46. The van der Waals surface area contributed by atoms with Gasteiger partial charge in [-0.15, -0.1) is 0 Å². The first-order valence-electron chi connectivity index (χ1n) is 9.20. The second-order valence-corrected chi connectivity index (χ2v) is 7.00. The van der Waals surface area contributed by atoms with Gasteiger partial charge in [0.2, 0.25) is 0 Å². The van der Waals surface area contributed by atoms with E-state index >= 15 is 0 Å². The van der Waals surface area contributed by atoms with Gasteiger partial charge in [-0.2, -0.15) is 0 Å². The molecule has 0 aromatic rings. The smallest absolute Gasteiger partial charge is 0.161 e. The average molecular weight is 326 g/mol. The number of rotatable bonds is 12. The third kappa shape index (κ3) is 6.34. The molecule has 2 atom stereocenters. The summed E-state index contributed by atoms with van der Waals surface area (Å²) in [5.41, 5.74) is -0.597. The number of Topliss-reactive ketones (excluding diaryl/α,β-unsaturated/α-hetero) is 2. The van der Waals surface area contributed by atoms with Gasteiger partial charge in [-0.05, 0) is 39.0 Å². The van der Waals surface area contributed by atoms with E-state index < -0.39 is 11.7 Å². The zero-order valence-corrected chi connectivity index (χ0v) is 15.4. The van der Waals surface area contributed by atoms with Crippen LogP contribution < -0.4 is 0 Å². The number of hydrogen-bond acceptors (Lipinski definition) is 4. The van der Waals surface area contributed by atoms with Crippen molar-refractivity contribution in [3.63, 3.8) is 0 Å². The molecule has 0 aliphatic heterocycles. The fourth-order valence-corrected chi connectivity index (χ4v) is 3.47. The van der Waals surface area contributed by atoms with Gasteiger partial charge in [0.1, 0.15) is 18.3 Å². The van der Waals surface area contributed by atoms with E-state index in [2.05, 4.69) is 13.8 Å². The summed E-state index contributed by atoms with van der Waals surface area (Å²) in [5.74, 6) is 0.497. The van der Waals surface area contributed by atoms with Crippen LogP contribution in [0.25, 0.3) is 0 Å². The van der Waals surface area contributed by atoms with E-state index in [1.165, 1.54) is 19.8 Å². The molecule has 0 spiro atoms. The van der Waals surface area contributed by atoms with Gasteiger partial charge in [0.15, 0.2) is 11.6 Å². The largest absolute Gasteiger partial charge is 0.367 e. The summed E-state index contributed by atoms with van der Waals surface area (Å²) < 4.78 is 12.0. The van der Waals surface area contributed by atoms with Crippen LogP contribution in [-0.4, -0.2) is 36.5 Å². The van der Waals surface area contributed by atoms with Gasteiger partial charge < -0.3 is 9.47 Å². The summed E-state index contributed by atoms with van der Waals surface area (Å²) in [6, 6.07) is 0. The molecule has 0 N–H and O–H groups in total. The Kier molecular flexibility index (Phi) is 9.00. The van der Waals surface area contributed by atoms with Gasteiger partial charge in [-0.3, -0.25) is 9.59 Å². The quantitative estimate of drug-likeness (QED) is 0.542. The zero-order chi connectivity index (χ0) is 17.3. The minimum atomic E-state index is -0.597. The van der Waals surface area contributed by atoms with Crippen LogP contribution in [0.4, 0.5) is 0 Å². The fourth-order valence-electron chi connectivity index (χ4n) is 3.47. The van der Waals surface area contributed by atoms with Gasteiger partial charge in [0, 0.05) is 0 Å². The molecule has 1 aliphatic rings. The Morgan fingerprint density at radius 3 is 2.26 bits per heavy atom.